The molecule has 5 nitrogen and oxygen atoms in total. The molecule has 3 rings (SSSR count). The minimum atomic E-state index is -0.929. The van der Waals surface area contributed by atoms with Crippen molar-refractivity contribution in [1.29, 1.82) is 0 Å². The molecule has 112 valence electrons. The third kappa shape index (κ3) is 2.53. The minimum Gasteiger partial charge on any atom is -0.478 e. The summed E-state index contributed by atoms with van der Waals surface area (Å²) in [7, 11) is 0. The van der Waals surface area contributed by atoms with Crippen molar-refractivity contribution in [2.75, 3.05) is 6.54 Å². The molecular weight excluding hydrogens is 266 g/mol. The van der Waals surface area contributed by atoms with E-state index in [1.165, 1.54) is 12.8 Å². The highest BCUT2D eigenvalue weighted by atomic mass is 16.4. The summed E-state index contributed by atoms with van der Waals surface area (Å²) in [6.45, 7) is 5.50. The van der Waals surface area contributed by atoms with Gasteiger partial charge < -0.3 is 9.51 Å². The third-order valence-electron chi connectivity index (χ3n) is 4.28. The lowest BCUT2D eigenvalue weighted by Crippen LogP contribution is -2.38. The van der Waals surface area contributed by atoms with Crippen molar-refractivity contribution in [2.24, 2.45) is 0 Å². The number of imidazole rings is 1. The molecule has 0 aliphatic carbocycles. The lowest BCUT2D eigenvalue weighted by atomic mass is 9.98. The van der Waals surface area contributed by atoms with Gasteiger partial charge in [-0.1, -0.05) is 6.42 Å². The van der Waals surface area contributed by atoms with E-state index in [2.05, 4.69) is 23.7 Å². The van der Waals surface area contributed by atoms with E-state index >= 15 is 0 Å². The maximum atomic E-state index is 11.3. The molecule has 1 aliphatic rings. The van der Waals surface area contributed by atoms with Gasteiger partial charge in [-0.25, -0.2) is 9.78 Å². The van der Waals surface area contributed by atoms with Crippen molar-refractivity contribution < 1.29 is 9.90 Å². The fraction of sp³-hybridized carbons (Fsp3) is 0.500. The number of carboxylic acids is 1. The van der Waals surface area contributed by atoms with E-state index in [1.807, 2.05) is 16.8 Å². The van der Waals surface area contributed by atoms with Gasteiger partial charge in [0, 0.05) is 18.4 Å². The topological polar surface area (TPSA) is 57.8 Å². The molecule has 3 heterocycles. The Morgan fingerprint density at radius 2 is 2.24 bits per heavy atom. The van der Waals surface area contributed by atoms with Crippen molar-refractivity contribution in [1.82, 2.24) is 14.3 Å². The molecule has 1 unspecified atom stereocenters. The van der Waals surface area contributed by atoms with Gasteiger partial charge in [0.15, 0.2) is 5.65 Å². The fourth-order valence-electron chi connectivity index (χ4n) is 3.25. The van der Waals surface area contributed by atoms with Crippen molar-refractivity contribution in [2.45, 2.75) is 45.2 Å². The smallest absolute Gasteiger partial charge is 0.339 e. The molecule has 21 heavy (non-hydrogen) atoms. The van der Waals surface area contributed by atoms with Crippen molar-refractivity contribution in [3.63, 3.8) is 0 Å². The molecule has 1 saturated heterocycles. The summed E-state index contributed by atoms with van der Waals surface area (Å²) in [5.41, 5.74) is 1.78. The summed E-state index contributed by atoms with van der Waals surface area (Å²) < 4.78 is 1.83. The van der Waals surface area contributed by atoms with Crippen molar-refractivity contribution in [3.05, 3.63) is 35.8 Å². The van der Waals surface area contributed by atoms with Gasteiger partial charge in [-0.05, 0) is 45.4 Å². The SMILES string of the molecule is CC(C)N1CCCCC1c1cn2cccc(C(=O)O)c2n1. The van der Waals surface area contributed by atoms with Gasteiger partial charge >= 0.3 is 5.97 Å². The zero-order chi connectivity index (χ0) is 15.0. The van der Waals surface area contributed by atoms with Gasteiger partial charge in [-0.3, -0.25) is 4.90 Å². The van der Waals surface area contributed by atoms with Crippen LogP contribution in [0, 0.1) is 0 Å². The lowest BCUT2D eigenvalue weighted by Gasteiger charge is -2.37. The van der Waals surface area contributed by atoms with Gasteiger partial charge in [-0.15, -0.1) is 0 Å². The first-order valence-corrected chi connectivity index (χ1v) is 7.54. The van der Waals surface area contributed by atoms with Crippen LogP contribution >= 0.6 is 0 Å². The van der Waals surface area contributed by atoms with E-state index in [0.717, 1.165) is 18.7 Å². The van der Waals surface area contributed by atoms with Crippen molar-refractivity contribution in [3.8, 4) is 0 Å². The van der Waals surface area contributed by atoms with Crippen LogP contribution in [0.15, 0.2) is 24.5 Å². The highest BCUT2D eigenvalue weighted by Crippen LogP contribution is 2.32. The molecule has 1 atom stereocenters. The molecule has 5 heteroatoms. The standard InChI is InChI=1S/C16H21N3O2/c1-11(2)19-9-4-3-7-14(19)13-10-18-8-5-6-12(16(20)21)15(18)17-13/h5-6,8,10-11,14H,3-4,7,9H2,1-2H3,(H,20,21). The molecule has 0 bridgehead atoms. The Morgan fingerprint density at radius 1 is 1.43 bits per heavy atom. The number of aromatic nitrogens is 2. The fourth-order valence-corrected chi connectivity index (χ4v) is 3.25. The monoisotopic (exact) mass is 287 g/mol. The predicted octanol–water partition coefficient (Wildman–Crippen LogP) is 2.97. The molecule has 2 aromatic heterocycles. The number of pyridine rings is 1. The number of fused-ring (bicyclic) bond motifs is 1. The zero-order valence-corrected chi connectivity index (χ0v) is 12.5. The van der Waals surface area contributed by atoms with Gasteiger partial charge in [0.2, 0.25) is 0 Å². The highest BCUT2D eigenvalue weighted by molar-refractivity contribution is 5.94. The lowest BCUT2D eigenvalue weighted by molar-refractivity contribution is 0.0698. The largest absolute Gasteiger partial charge is 0.478 e. The summed E-state index contributed by atoms with van der Waals surface area (Å²) in [5, 5.41) is 9.28. The maximum Gasteiger partial charge on any atom is 0.339 e. The maximum absolute atomic E-state index is 11.3. The quantitative estimate of drug-likeness (QED) is 0.943. The number of nitrogens with zero attached hydrogens (tertiary/aromatic N) is 3. The van der Waals surface area contributed by atoms with Crippen molar-refractivity contribution >= 4 is 11.6 Å². The van der Waals surface area contributed by atoms with Crippen LogP contribution in [0.25, 0.3) is 5.65 Å². The molecule has 1 aliphatic heterocycles. The Balaban J connectivity index is 2.04. The Bertz CT molecular complexity index is 663. The van der Waals surface area contributed by atoms with E-state index in [0.29, 0.717) is 17.7 Å². The summed E-state index contributed by atoms with van der Waals surface area (Å²) in [6.07, 6.45) is 7.36. The Hall–Kier alpha value is -1.88. The first kappa shape index (κ1) is 14.1. The molecule has 1 N–H and O–H groups in total. The van der Waals surface area contributed by atoms with E-state index in [-0.39, 0.29) is 5.56 Å². The molecular formula is C16H21N3O2. The first-order valence-electron chi connectivity index (χ1n) is 7.54. The number of rotatable bonds is 3. The highest BCUT2D eigenvalue weighted by Gasteiger charge is 2.28. The van der Waals surface area contributed by atoms with Crippen LogP contribution in [0.4, 0.5) is 0 Å². The summed E-state index contributed by atoms with van der Waals surface area (Å²) >= 11 is 0. The van der Waals surface area contributed by atoms with Crippen LogP contribution in [0.2, 0.25) is 0 Å². The van der Waals surface area contributed by atoms with Crippen LogP contribution < -0.4 is 0 Å². The molecule has 0 spiro atoms. The summed E-state index contributed by atoms with van der Waals surface area (Å²) in [4.78, 5) is 18.4. The first-order chi connectivity index (χ1) is 10.1. The number of carboxylic acid groups (broad SMARTS) is 1. The van der Waals surface area contributed by atoms with E-state index in [4.69, 9.17) is 0 Å². The molecule has 0 saturated carbocycles. The second kappa shape index (κ2) is 5.48. The number of piperidine rings is 1. The molecule has 0 radical (unpaired) electrons. The van der Waals surface area contributed by atoms with Gasteiger partial charge in [-0.2, -0.15) is 0 Å². The second-order valence-electron chi connectivity index (χ2n) is 5.97. The number of hydrogen-bond acceptors (Lipinski definition) is 3. The number of carbonyl (C=O) groups is 1. The number of hydrogen-bond donors (Lipinski definition) is 1. The summed E-state index contributed by atoms with van der Waals surface area (Å²) in [5.74, 6) is -0.929. The molecule has 0 aromatic carbocycles. The Kier molecular flexibility index (Phi) is 3.68. The third-order valence-corrected chi connectivity index (χ3v) is 4.28. The minimum absolute atomic E-state index is 0.260. The van der Waals surface area contributed by atoms with E-state index in [1.54, 1.807) is 12.1 Å². The van der Waals surface area contributed by atoms with Gasteiger partial charge in [0.1, 0.15) is 5.56 Å². The second-order valence-corrected chi connectivity index (χ2v) is 5.97. The summed E-state index contributed by atoms with van der Waals surface area (Å²) in [6, 6.07) is 4.12. The predicted molar refractivity (Wildman–Crippen MR) is 80.6 cm³/mol. The number of likely N-dealkylation sites (tertiary alicyclic amines) is 1. The zero-order valence-electron chi connectivity index (χ0n) is 12.5. The van der Waals surface area contributed by atoms with E-state index in [9.17, 15) is 9.90 Å². The molecule has 0 amide bonds. The average molecular weight is 287 g/mol. The van der Waals surface area contributed by atoms with Crippen LogP contribution in [0.5, 0.6) is 0 Å². The van der Waals surface area contributed by atoms with Crippen LogP contribution in [-0.2, 0) is 0 Å². The van der Waals surface area contributed by atoms with Gasteiger partial charge in [0.25, 0.3) is 0 Å². The van der Waals surface area contributed by atoms with Crippen LogP contribution in [0.3, 0.4) is 0 Å². The molecule has 2 aromatic rings. The Labute approximate surface area is 124 Å². The van der Waals surface area contributed by atoms with Gasteiger partial charge in [0.05, 0.1) is 11.7 Å². The number of aromatic carboxylic acids is 1. The van der Waals surface area contributed by atoms with Crippen LogP contribution in [-0.4, -0.2) is 37.9 Å². The normalized spacial score (nSPS) is 20.2. The Morgan fingerprint density at radius 3 is 2.95 bits per heavy atom. The van der Waals surface area contributed by atoms with E-state index < -0.39 is 5.97 Å². The molecule has 1 fully saturated rings. The van der Waals surface area contributed by atoms with Crippen LogP contribution in [0.1, 0.15) is 55.2 Å². The average Bonchev–Trinajstić information content (AvgIpc) is 2.90.